The zero-order valence-electron chi connectivity index (χ0n) is 18.2. The highest BCUT2D eigenvalue weighted by Gasteiger charge is 2.13. The highest BCUT2D eigenvalue weighted by molar-refractivity contribution is 6.10. The van der Waals surface area contributed by atoms with Crippen LogP contribution in [0.4, 0.5) is 0 Å². The quantitative estimate of drug-likeness (QED) is 0.309. The van der Waals surface area contributed by atoms with Gasteiger partial charge in [-0.25, -0.2) is 19.2 Å². The maximum Gasteiger partial charge on any atom is 0.336 e. The van der Waals surface area contributed by atoms with E-state index in [1.807, 2.05) is 0 Å². The molecule has 0 bridgehead atoms. The van der Waals surface area contributed by atoms with Crippen LogP contribution in [0.2, 0.25) is 0 Å². The van der Waals surface area contributed by atoms with Crippen LogP contribution in [0.1, 0.15) is 52.6 Å². The number of rotatable bonds is 6. The molecule has 176 valence electrons. The summed E-state index contributed by atoms with van der Waals surface area (Å²) in [5.41, 5.74) is 2.69. The summed E-state index contributed by atoms with van der Waals surface area (Å²) in [6.45, 7) is 0. The predicted octanol–water partition coefficient (Wildman–Crippen LogP) is 4.91. The van der Waals surface area contributed by atoms with E-state index in [0.717, 1.165) is 11.1 Å². The maximum absolute atomic E-state index is 10.9. The van der Waals surface area contributed by atoms with Crippen molar-refractivity contribution in [1.29, 1.82) is 0 Å². The Labute approximate surface area is 199 Å². The molecule has 0 fully saturated rings. The van der Waals surface area contributed by atoms with Gasteiger partial charge in [0, 0.05) is 0 Å². The van der Waals surface area contributed by atoms with E-state index in [1.54, 1.807) is 60.7 Å². The maximum atomic E-state index is 10.9. The average molecular weight is 472 g/mol. The summed E-state index contributed by atoms with van der Waals surface area (Å²) >= 11 is 0. The molecular formula is C27H20O8. The van der Waals surface area contributed by atoms with Crippen LogP contribution in [0.15, 0.2) is 84.9 Å². The lowest BCUT2D eigenvalue weighted by Gasteiger charge is -2.04. The summed E-state index contributed by atoms with van der Waals surface area (Å²) < 4.78 is 0. The van der Waals surface area contributed by atoms with Crippen molar-refractivity contribution in [1.82, 2.24) is 0 Å². The van der Waals surface area contributed by atoms with Crippen LogP contribution in [-0.4, -0.2) is 44.3 Å². The number of benzene rings is 4. The Balaban J connectivity index is 0.000000198. The Morgan fingerprint density at radius 1 is 0.457 bits per heavy atom. The first-order valence-electron chi connectivity index (χ1n) is 10.3. The molecule has 35 heavy (non-hydrogen) atoms. The first-order valence-corrected chi connectivity index (χ1v) is 10.3. The highest BCUT2D eigenvalue weighted by Crippen LogP contribution is 2.22. The summed E-state index contributed by atoms with van der Waals surface area (Å²) in [6, 6.07) is 22.5. The van der Waals surface area contributed by atoms with Gasteiger partial charge in [0.2, 0.25) is 0 Å². The van der Waals surface area contributed by atoms with E-state index in [9.17, 15) is 19.2 Å². The fourth-order valence-electron chi connectivity index (χ4n) is 3.45. The fraction of sp³-hybridized carbons (Fsp3) is 0.0370. The van der Waals surface area contributed by atoms with Gasteiger partial charge in [-0.15, -0.1) is 0 Å². The Kier molecular flexibility index (Phi) is 7.58. The molecular weight excluding hydrogens is 452 g/mol. The molecule has 0 spiro atoms. The van der Waals surface area contributed by atoms with Crippen LogP contribution in [0.3, 0.4) is 0 Å². The minimum atomic E-state index is -1.06. The summed E-state index contributed by atoms with van der Waals surface area (Å²) in [6.07, 6.45) is 0.639. The molecule has 4 rings (SSSR count). The van der Waals surface area contributed by atoms with Crippen LogP contribution in [-0.2, 0) is 6.42 Å². The lowest BCUT2D eigenvalue weighted by Crippen LogP contribution is -2.01. The van der Waals surface area contributed by atoms with Gasteiger partial charge >= 0.3 is 23.9 Å². The second-order valence-corrected chi connectivity index (χ2v) is 7.50. The first-order chi connectivity index (χ1) is 16.7. The molecule has 0 saturated carbocycles. The summed E-state index contributed by atoms with van der Waals surface area (Å²) in [5.74, 6) is -4.02. The van der Waals surface area contributed by atoms with E-state index >= 15 is 0 Å². The Hall–Kier alpha value is -4.98. The van der Waals surface area contributed by atoms with E-state index in [4.69, 9.17) is 20.4 Å². The lowest BCUT2D eigenvalue weighted by atomic mass is 10.0. The Morgan fingerprint density at radius 3 is 1.09 bits per heavy atom. The largest absolute Gasteiger partial charge is 0.478 e. The molecule has 0 saturated heterocycles. The highest BCUT2D eigenvalue weighted by atomic mass is 16.4. The van der Waals surface area contributed by atoms with Crippen LogP contribution in [0, 0.1) is 0 Å². The van der Waals surface area contributed by atoms with Gasteiger partial charge in [0.15, 0.2) is 0 Å². The minimum absolute atomic E-state index is 0.112. The number of hydrogen-bond donors (Lipinski definition) is 4. The van der Waals surface area contributed by atoms with Gasteiger partial charge in [0.25, 0.3) is 0 Å². The number of carboxylic acids is 4. The predicted molar refractivity (Wildman–Crippen MR) is 127 cm³/mol. The fourth-order valence-corrected chi connectivity index (χ4v) is 3.45. The molecule has 0 aliphatic heterocycles. The molecule has 0 radical (unpaired) electrons. The van der Waals surface area contributed by atoms with Crippen LogP contribution in [0.25, 0.3) is 10.8 Å². The first kappa shape index (κ1) is 24.7. The molecule has 0 aromatic heterocycles. The van der Waals surface area contributed by atoms with Crippen molar-refractivity contribution in [2.45, 2.75) is 6.42 Å². The molecule has 0 aliphatic carbocycles. The molecule has 4 aromatic carbocycles. The monoisotopic (exact) mass is 472 g/mol. The van der Waals surface area contributed by atoms with E-state index in [-0.39, 0.29) is 22.3 Å². The van der Waals surface area contributed by atoms with Crippen molar-refractivity contribution in [3.63, 3.8) is 0 Å². The van der Waals surface area contributed by atoms with Gasteiger partial charge in [-0.2, -0.15) is 0 Å². The van der Waals surface area contributed by atoms with E-state index < -0.39 is 23.9 Å². The number of fused-ring (bicyclic) bond motifs is 1. The topological polar surface area (TPSA) is 149 Å². The third-order valence-corrected chi connectivity index (χ3v) is 5.19. The van der Waals surface area contributed by atoms with Crippen molar-refractivity contribution in [2.24, 2.45) is 0 Å². The molecule has 0 amide bonds. The lowest BCUT2D eigenvalue weighted by molar-refractivity contribution is 0.0686. The van der Waals surface area contributed by atoms with Gasteiger partial charge in [-0.3, -0.25) is 0 Å². The number of aromatic carboxylic acids is 4. The second kappa shape index (κ2) is 10.8. The van der Waals surface area contributed by atoms with Crippen LogP contribution in [0.5, 0.6) is 0 Å². The summed E-state index contributed by atoms with van der Waals surface area (Å²) in [7, 11) is 0. The van der Waals surface area contributed by atoms with Crippen molar-refractivity contribution in [3.05, 3.63) is 118 Å². The van der Waals surface area contributed by atoms with Crippen LogP contribution >= 0.6 is 0 Å². The summed E-state index contributed by atoms with van der Waals surface area (Å²) in [4.78, 5) is 43.3. The number of hydrogen-bond acceptors (Lipinski definition) is 4. The van der Waals surface area contributed by atoms with E-state index in [0.29, 0.717) is 17.2 Å². The SMILES string of the molecule is O=C(O)c1ccc(Cc2ccc(C(=O)O)cc2)cc1.O=C(O)c1cccc2c(C(=O)O)cccc12. The van der Waals surface area contributed by atoms with E-state index in [1.165, 1.54) is 24.3 Å². The van der Waals surface area contributed by atoms with Gasteiger partial charge in [-0.05, 0) is 64.7 Å². The van der Waals surface area contributed by atoms with Crippen molar-refractivity contribution >= 4 is 34.6 Å². The van der Waals surface area contributed by atoms with Gasteiger partial charge in [0.1, 0.15) is 0 Å². The van der Waals surface area contributed by atoms with Crippen molar-refractivity contribution < 1.29 is 39.6 Å². The smallest absolute Gasteiger partial charge is 0.336 e. The zero-order chi connectivity index (χ0) is 25.5. The molecule has 0 atom stereocenters. The van der Waals surface area contributed by atoms with Gasteiger partial charge < -0.3 is 20.4 Å². The van der Waals surface area contributed by atoms with Crippen molar-refractivity contribution in [3.8, 4) is 0 Å². The molecule has 0 aliphatic rings. The average Bonchev–Trinajstić information content (AvgIpc) is 2.84. The molecule has 0 heterocycles. The molecule has 8 heteroatoms. The number of carboxylic acid groups (broad SMARTS) is 4. The van der Waals surface area contributed by atoms with E-state index in [2.05, 4.69) is 0 Å². The molecule has 0 unspecified atom stereocenters. The van der Waals surface area contributed by atoms with Crippen molar-refractivity contribution in [2.75, 3.05) is 0 Å². The summed E-state index contributed by atoms with van der Waals surface area (Å²) in [5, 5.41) is 36.4. The van der Waals surface area contributed by atoms with Gasteiger partial charge in [0.05, 0.1) is 22.3 Å². The second-order valence-electron chi connectivity index (χ2n) is 7.50. The molecule has 8 nitrogen and oxygen atoms in total. The normalized spacial score (nSPS) is 10.2. The van der Waals surface area contributed by atoms with Crippen LogP contribution < -0.4 is 0 Å². The standard InChI is InChI=1S/C15H12O4.C12H8O4/c16-14(17)12-5-1-10(2-6-12)9-11-3-7-13(8-4-11)15(18)19;13-11(14)9-5-1-3-7-8(9)4-2-6-10(7)12(15)16/h1-8H,9H2,(H,16,17)(H,18,19);1-6H,(H,13,14)(H,15,16). The zero-order valence-corrected chi connectivity index (χ0v) is 18.2. The Bertz CT molecular complexity index is 1300. The minimum Gasteiger partial charge on any atom is -0.478 e. The third-order valence-electron chi connectivity index (χ3n) is 5.19. The third kappa shape index (κ3) is 6.08. The molecule has 4 N–H and O–H groups in total. The molecule has 4 aromatic rings. The number of carbonyl (C=O) groups is 4. The Morgan fingerprint density at radius 2 is 0.800 bits per heavy atom. The van der Waals surface area contributed by atoms with Gasteiger partial charge in [-0.1, -0.05) is 48.5 Å².